The minimum absolute atomic E-state index is 0.0341. The van der Waals surface area contributed by atoms with Crippen LogP contribution < -0.4 is 11.1 Å². The number of carbonyl (C=O) groups excluding carboxylic acids is 2. The summed E-state index contributed by atoms with van der Waals surface area (Å²) in [6, 6.07) is -0.820. The van der Waals surface area contributed by atoms with Crippen LogP contribution in [0.5, 0.6) is 0 Å². The first-order chi connectivity index (χ1) is 18.5. The number of hydrogen-bond acceptors (Lipinski definition) is 7. The number of amidine groups is 1. The molecular weight excluding hydrogens is 496 g/mol. The third-order valence-electron chi connectivity index (χ3n) is 10.5. The van der Waals surface area contributed by atoms with E-state index < -0.39 is 23.5 Å². The molecule has 3 saturated carbocycles. The highest BCUT2D eigenvalue weighted by Gasteiger charge is 2.63. The van der Waals surface area contributed by atoms with E-state index in [9.17, 15) is 14.7 Å². The van der Waals surface area contributed by atoms with Crippen molar-refractivity contribution in [1.29, 1.82) is 5.41 Å². The van der Waals surface area contributed by atoms with Crippen molar-refractivity contribution in [2.45, 2.75) is 96.1 Å². The molecule has 7 atom stereocenters. The first-order valence-electron chi connectivity index (χ1n) is 14.3. The summed E-state index contributed by atoms with van der Waals surface area (Å²) in [5, 5.41) is 25.4. The summed E-state index contributed by atoms with van der Waals surface area (Å²) in [5.41, 5.74) is 6.54. The summed E-state index contributed by atoms with van der Waals surface area (Å²) in [6.07, 6.45) is 16.7. The lowest BCUT2D eigenvalue weighted by Gasteiger charge is -2.58. The summed E-state index contributed by atoms with van der Waals surface area (Å²) in [4.78, 5) is 29.8. The number of aliphatic hydroxyl groups is 1. The van der Waals surface area contributed by atoms with Gasteiger partial charge in [-0.05, 0) is 93.5 Å². The summed E-state index contributed by atoms with van der Waals surface area (Å²) < 4.78 is 4.78. The maximum absolute atomic E-state index is 12.4. The molecule has 0 aromatic heterocycles. The maximum Gasteiger partial charge on any atom is 0.328 e. The van der Waals surface area contributed by atoms with Crippen LogP contribution in [-0.4, -0.2) is 53.9 Å². The summed E-state index contributed by atoms with van der Waals surface area (Å²) in [5.74, 6) is 3.39. The molecule has 0 radical (unpaired) electrons. The lowest BCUT2D eigenvalue weighted by atomic mass is 9.46. The monoisotopic (exact) mass is 540 g/mol. The second-order valence-corrected chi connectivity index (χ2v) is 12.4. The highest BCUT2D eigenvalue weighted by Crippen LogP contribution is 2.67. The van der Waals surface area contributed by atoms with Crippen molar-refractivity contribution >= 4 is 23.4 Å². The molecule has 4 rings (SSSR count). The molecule has 5 N–H and O–H groups in total. The molecule has 214 valence electrons. The lowest BCUT2D eigenvalue weighted by Crippen LogP contribution is -2.54. The van der Waals surface area contributed by atoms with E-state index in [2.05, 4.69) is 36.3 Å². The van der Waals surface area contributed by atoms with Gasteiger partial charge in [-0.25, -0.2) is 4.79 Å². The van der Waals surface area contributed by atoms with Gasteiger partial charge >= 0.3 is 5.97 Å². The Kier molecular flexibility index (Phi) is 8.46. The molecule has 4 aliphatic carbocycles. The average Bonchev–Trinajstić information content (AvgIpc) is 3.18. The van der Waals surface area contributed by atoms with Crippen molar-refractivity contribution in [1.82, 2.24) is 5.32 Å². The number of fused-ring (bicyclic) bond motifs is 5. The van der Waals surface area contributed by atoms with Crippen molar-refractivity contribution in [3.8, 4) is 12.3 Å². The number of allylic oxidation sites excluding steroid dienone is 2. The Morgan fingerprint density at radius 3 is 2.69 bits per heavy atom. The number of esters is 1. The van der Waals surface area contributed by atoms with Gasteiger partial charge in [-0.15, -0.1) is 6.42 Å². The van der Waals surface area contributed by atoms with Crippen molar-refractivity contribution in [2.24, 2.45) is 39.5 Å². The summed E-state index contributed by atoms with van der Waals surface area (Å²) >= 11 is 0. The molecule has 0 bridgehead atoms. The summed E-state index contributed by atoms with van der Waals surface area (Å²) in [6.45, 7) is 4.31. The minimum Gasteiger partial charge on any atom is -0.467 e. The van der Waals surface area contributed by atoms with Crippen molar-refractivity contribution in [3.63, 3.8) is 0 Å². The highest BCUT2D eigenvalue weighted by atomic mass is 16.6. The van der Waals surface area contributed by atoms with Crippen LogP contribution in [0.3, 0.4) is 0 Å². The predicted octanol–water partition coefficient (Wildman–Crippen LogP) is 3.45. The van der Waals surface area contributed by atoms with Gasteiger partial charge < -0.3 is 25.7 Å². The minimum atomic E-state index is -0.985. The van der Waals surface area contributed by atoms with Gasteiger partial charge in [0.1, 0.15) is 11.6 Å². The molecule has 0 saturated heterocycles. The smallest absolute Gasteiger partial charge is 0.328 e. The van der Waals surface area contributed by atoms with Crippen LogP contribution in [0, 0.1) is 46.3 Å². The van der Waals surface area contributed by atoms with Gasteiger partial charge in [0.05, 0.1) is 18.7 Å². The SMILES string of the molecule is C#C[C@@]1(O)CC[C@@H]2[C@@H]3CCC4=C/C(=N\OCC(=O)N[C@H](CCCC(=N)N)C(=O)OC)CC[C@]4(C)[C@H]3CC[C@@]21C. The third-order valence-corrected chi connectivity index (χ3v) is 10.5. The van der Waals surface area contributed by atoms with E-state index in [-0.39, 0.29) is 23.3 Å². The molecule has 4 aliphatic rings. The number of ether oxygens (including phenoxy) is 1. The molecule has 0 heterocycles. The molecule has 9 heteroatoms. The highest BCUT2D eigenvalue weighted by molar-refractivity contribution is 5.96. The van der Waals surface area contributed by atoms with Crippen LogP contribution in [0.25, 0.3) is 0 Å². The number of nitrogens with two attached hydrogens (primary N) is 1. The van der Waals surface area contributed by atoms with E-state index in [4.69, 9.17) is 27.1 Å². The Bertz CT molecular complexity index is 1100. The van der Waals surface area contributed by atoms with Gasteiger partial charge in [0.25, 0.3) is 5.91 Å². The number of rotatable bonds is 9. The van der Waals surface area contributed by atoms with Gasteiger partial charge in [0, 0.05) is 11.8 Å². The fourth-order valence-corrected chi connectivity index (χ4v) is 8.19. The largest absolute Gasteiger partial charge is 0.467 e. The van der Waals surface area contributed by atoms with Gasteiger partial charge in [0.2, 0.25) is 0 Å². The van der Waals surface area contributed by atoms with E-state index in [0.29, 0.717) is 43.4 Å². The Hall–Kier alpha value is -2.86. The van der Waals surface area contributed by atoms with E-state index in [1.54, 1.807) is 0 Å². The number of hydrogen-bond donors (Lipinski definition) is 4. The molecule has 1 amide bonds. The number of amides is 1. The lowest BCUT2D eigenvalue weighted by molar-refractivity contribution is -0.145. The van der Waals surface area contributed by atoms with Crippen LogP contribution in [-0.2, 0) is 19.2 Å². The Balaban J connectivity index is 1.35. The molecule has 9 nitrogen and oxygen atoms in total. The maximum atomic E-state index is 12.4. The molecule has 0 aromatic carbocycles. The van der Waals surface area contributed by atoms with Gasteiger partial charge in [0.15, 0.2) is 6.61 Å². The normalized spacial score (nSPS) is 36.8. The van der Waals surface area contributed by atoms with Crippen LogP contribution in [0.15, 0.2) is 16.8 Å². The number of oxime groups is 1. The zero-order valence-electron chi connectivity index (χ0n) is 23.6. The summed E-state index contributed by atoms with van der Waals surface area (Å²) in [7, 11) is 1.27. The third kappa shape index (κ3) is 5.45. The van der Waals surface area contributed by atoms with Gasteiger partial charge in [-0.1, -0.05) is 30.5 Å². The zero-order chi connectivity index (χ0) is 28.4. The van der Waals surface area contributed by atoms with E-state index >= 15 is 0 Å². The average molecular weight is 541 g/mol. The molecule has 3 fully saturated rings. The second kappa shape index (κ2) is 11.3. The Morgan fingerprint density at radius 2 is 2.00 bits per heavy atom. The first-order valence-corrected chi connectivity index (χ1v) is 14.3. The van der Waals surface area contributed by atoms with Crippen LogP contribution >= 0.6 is 0 Å². The van der Waals surface area contributed by atoms with Crippen molar-refractivity contribution < 1.29 is 24.3 Å². The fourth-order valence-electron chi connectivity index (χ4n) is 8.19. The molecule has 0 spiro atoms. The fraction of sp³-hybridized carbons (Fsp3) is 0.733. The number of carbonyl (C=O) groups is 2. The quantitative estimate of drug-likeness (QED) is 0.116. The zero-order valence-corrected chi connectivity index (χ0v) is 23.6. The van der Waals surface area contributed by atoms with E-state index in [1.807, 2.05) is 0 Å². The number of nitrogens with zero attached hydrogens (tertiary/aromatic N) is 1. The first kappa shape index (κ1) is 29.1. The predicted molar refractivity (Wildman–Crippen MR) is 149 cm³/mol. The van der Waals surface area contributed by atoms with Crippen molar-refractivity contribution in [2.75, 3.05) is 13.7 Å². The van der Waals surface area contributed by atoms with Gasteiger partial charge in [-0.2, -0.15) is 0 Å². The second-order valence-electron chi connectivity index (χ2n) is 12.4. The Labute approximate surface area is 231 Å². The van der Waals surface area contributed by atoms with Crippen LogP contribution in [0.1, 0.15) is 84.5 Å². The molecule has 0 aliphatic heterocycles. The standard InChI is InChI=1S/C30H44N4O5/c1-5-30(37)16-13-23-21-10-9-19-17-20(11-14-28(19,2)22(21)12-15-29(23,30)3)34-39-18-26(35)33-24(27(36)38-4)7-6-8-25(31)32/h1,17,21-24,37H,6-16,18H2,2-4H3,(H3,31,32)(H,33,35)/b34-20-/t21-,22+,23-,24-,28+,29+,30-/m1/s1. The van der Waals surface area contributed by atoms with Crippen molar-refractivity contribution in [3.05, 3.63) is 11.6 Å². The van der Waals surface area contributed by atoms with Crippen LogP contribution in [0.2, 0.25) is 0 Å². The molecule has 0 unspecified atom stereocenters. The number of terminal acetylenes is 1. The van der Waals surface area contributed by atoms with E-state index in [0.717, 1.165) is 50.7 Å². The topological polar surface area (TPSA) is 147 Å². The Morgan fingerprint density at radius 1 is 1.26 bits per heavy atom. The number of nitrogens with one attached hydrogen (secondary N) is 2. The van der Waals surface area contributed by atoms with E-state index in [1.165, 1.54) is 12.7 Å². The number of methoxy groups -OCH3 is 1. The molecule has 39 heavy (non-hydrogen) atoms. The molecular formula is C30H44N4O5. The molecule has 0 aromatic rings. The van der Waals surface area contributed by atoms with Crippen LogP contribution in [0.4, 0.5) is 0 Å². The van der Waals surface area contributed by atoms with Gasteiger partial charge in [-0.3, -0.25) is 10.2 Å².